The monoisotopic (exact) mass is 397 g/mol. The van der Waals surface area contributed by atoms with E-state index in [4.69, 9.17) is 8.92 Å². The van der Waals surface area contributed by atoms with Crippen molar-refractivity contribution in [3.8, 4) is 0 Å². The van der Waals surface area contributed by atoms with Crippen LogP contribution in [0.3, 0.4) is 0 Å². The van der Waals surface area contributed by atoms with Crippen molar-refractivity contribution in [3.63, 3.8) is 0 Å². The molecule has 26 heavy (non-hydrogen) atoms. The van der Waals surface area contributed by atoms with Crippen LogP contribution in [0.15, 0.2) is 36.5 Å². The molecular weight excluding hydrogens is 378 g/mol. The summed E-state index contributed by atoms with van der Waals surface area (Å²) in [5.74, 6) is 0.730. The molecule has 0 bridgehead atoms. The minimum absolute atomic E-state index is 0.0825. The molecule has 1 amide bonds. The van der Waals surface area contributed by atoms with Crippen molar-refractivity contribution in [2.75, 3.05) is 19.4 Å². The van der Waals surface area contributed by atoms with Gasteiger partial charge in [-0.05, 0) is 6.08 Å². The van der Waals surface area contributed by atoms with Gasteiger partial charge in [0.1, 0.15) is 17.3 Å². The molecule has 1 saturated heterocycles. The molecule has 0 N–H and O–H groups in total. The topological polar surface area (TPSA) is 90.2 Å². The van der Waals surface area contributed by atoms with Crippen molar-refractivity contribution in [1.29, 1.82) is 0 Å². The van der Waals surface area contributed by atoms with Gasteiger partial charge in [-0.2, -0.15) is 8.42 Å². The van der Waals surface area contributed by atoms with E-state index in [-0.39, 0.29) is 19.2 Å². The lowest BCUT2D eigenvalue weighted by molar-refractivity contribution is 0.109. The molecule has 2 aromatic heterocycles. The number of amides is 1. The molecule has 0 spiro atoms. The van der Waals surface area contributed by atoms with Crippen molar-refractivity contribution in [2.24, 2.45) is 0 Å². The first-order valence-corrected chi connectivity index (χ1v) is 10.6. The lowest BCUT2D eigenvalue weighted by Gasteiger charge is -2.20. The number of fused-ring (bicyclic) bond motifs is 1. The van der Waals surface area contributed by atoms with E-state index in [9.17, 15) is 13.2 Å². The molecule has 1 fully saturated rings. The Labute approximate surface area is 155 Å². The Balaban J connectivity index is 1.78. The molecule has 0 aliphatic carbocycles. The first-order valence-electron chi connectivity index (χ1n) is 7.88. The molecule has 3 heterocycles. The number of rotatable bonds is 6. The number of ether oxygens (including phenoxy) is 1. The van der Waals surface area contributed by atoms with E-state index >= 15 is 0 Å². The highest BCUT2D eigenvalue weighted by Crippen LogP contribution is 2.24. The normalized spacial score (nSPS) is 20.9. The van der Waals surface area contributed by atoms with Gasteiger partial charge in [-0.15, -0.1) is 11.3 Å². The Morgan fingerprint density at radius 1 is 1.54 bits per heavy atom. The fourth-order valence-corrected chi connectivity index (χ4v) is 4.16. The maximum absolute atomic E-state index is 12.3. The van der Waals surface area contributed by atoms with Gasteiger partial charge in [0.25, 0.3) is 10.1 Å². The number of thiazole rings is 1. The van der Waals surface area contributed by atoms with Gasteiger partial charge in [-0.1, -0.05) is 18.7 Å². The molecular formula is C16H19N3O5S2. The zero-order chi connectivity index (χ0) is 18.7. The summed E-state index contributed by atoms with van der Waals surface area (Å²) in [4.78, 5) is 19.0. The van der Waals surface area contributed by atoms with E-state index < -0.39 is 22.3 Å². The summed E-state index contributed by atoms with van der Waals surface area (Å²) < 4.78 is 34.9. The van der Waals surface area contributed by atoms with Gasteiger partial charge in [0.05, 0.1) is 31.1 Å². The zero-order valence-electron chi connectivity index (χ0n) is 14.1. The molecule has 10 heteroatoms. The standard InChI is InChI=1S/C16H19N3O5S2/c1-3-7-23-16(20)19-11-13(24-26(2,21)22)9-12(19)4-5-14-17-10-15-18(14)6-8-25-15/h3-6,8,10,12-13H,1,7,9,11H2,2H3/b5-4+/t12-,13-/m1/s1. The van der Waals surface area contributed by atoms with E-state index in [0.29, 0.717) is 6.42 Å². The first kappa shape index (κ1) is 18.6. The Kier molecular flexibility index (Phi) is 5.44. The fraction of sp³-hybridized carbons (Fsp3) is 0.375. The predicted octanol–water partition coefficient (Wildman–Crippen LogP) is 2.15. The molecule has 0 radical (unpaired) electrons. The van der Waals surface area contributed by atoms with E-state index in [1.165, 1.54) is 11.0 Å². The third-order valence-electron chi connectivity index (χ3n) is 3.83. The number of nitrogens with zero attached hydrogens (tertiary/aromatic N) is 3. The molecule has 140 valence electrons. The van der Waals surface area contributed by atoms with Gasteiger partial charge >= 0.3 is 6.09 Å². The van der Waals surface area contributed by atoms with Crippen LogP contribution >= 0.6 is 11.3 Å². The average Bonchev–Trinajstić information content (AvgIpc) is 3.25. The SMILES string of the molecule is C=CCOC(=O)N1C[C@H](OS(C)(=O)=O)C[C@H]1/C=C/c1ncc2sccn12. The van der Waals surface area contributed by atoms with Crippen LogP contribution in [0.25, 0.3) is 10.9 Å². The molecule has 2 atom stereocenters. The van der Waals surface area contributed by atoms with Gasteiger partial charge in [0, 0.05) is 18.0 Å². The number of aromatic nitrogens is 2. The van der Waals surface area contributed by atoms with E-state index in [2.05, 4.69) is 11.6 Å². The summed E-state index contributed by atoms with van der Waals surface area (Å²) >= 11 is 1.57. The number of hydrogen-bond donors (Lipinski definition) is 0. The zero-order valence-corrected chi connectivity index (χ0v) is 15.8. The fourth-order valence-electron chi connectivity index (χ4n) is 2.83. The van der Waals surface area contributed by atoms with Crippen molar-refractivity contribution in [1.82, 2.24) is 14.3 Å². The van der Waals surface area contributed by atoms with Crippen LogP contribution in [0.5, 0.6) is 0 Å². The highest BCUT2D eigenvalue weighted by molar-refractivity contribution is 7.86. The Bertz CT molecular complexity index is 931. The quantitative estimate of drug-likeness (QED) is 0.548. The number of imidazole rings is 1. The Morgan fingerprint density at radius 2 is 2.35 bits per heavy atom. The number of carbonyl (C=O) groups excluding carboxylic acids is 1. The Morgan fingerprint density at radius 3 is 3.08 bits per heavy atom. The van der Waals surface area contributed by atoms with Crippen LogP contribution in [0, 0.1) is 0 Å². The summed E-state index contributed by atoms with van der Waals surface area (Å²) in [6, 6.07) is -0.356. The highest BCUT2D eigenvalue weighted by Gasteiger charge is 2.37. The van der Waals surface area contributed by atoms with Crippen LogP contribution in [0.4, 0.5) is 4.79 Å². The van der Waals surface area contributed by atoms with Crippen molar-refractivity contribution >= 4 is 38.5 Å². The minimum Gasteiger partial charge on any atom is -0.445 e. The predicted molar refractivity (Wildman–Crippen MR) is 98.5 cm³/mol. The lowest BCUT2D eigenvalue weighted by atomic mass is 10.2. The molecule has 0 unspecified atom stereocenters. The molecule has 3 rings (SSSR count). The van der Waals surface area contributed by atoms with Gasteiger partial charge in [-0.3, -0.25) is 13.5 Å². The van der Waals surface area contributed by atoms with Gasteiger partial charge in [-0.25, -0.2) is 9.78 Å². The third kappa shape index (κ3) is 4.32. The maximum Gasteiger partial charge on any atom is 0.410 e. The number of carbonyl (C=O) groups is 1. The largest absolute Gasteiger partial charge is 0.445 e. The molecule has 0 saturated carbocycles. The van der Waals surface area contributed by atoms with Crippen molar-refractivity contribution in [2.45, 2.75) is 18.6 Å². The molecule has 0 aromatic carbocycles. The van der Waals surface area contributed by atoms with Crippen molar-refractivity contribution < 1.29 is 22.1 Å². The molecule has 1 aliphatic rings. The summed E-state index contributed by atoms with van der Waals surface area (Å²) in [5, 5.41) is 1.96. The van der Waals surface area contributed by atoms with Crippen LogP contribution < -0.4 is 0 Å². The van der Waals surface area contributed by atoms with Crippen LogP contribution in [-0.2, 0) is 19.0 Å². The van der Waals surface area contributed by atoms with E-state index in [1.54, 1.807) is 23.6 Å². The molecule has 2 aromatic rings. The summed E-state index contributed by atoms with van der Waals surface area (Å²) in [7, 11) is -3.61. The number of hydrogen-bond acceptors (Lipinski definition) is 7. The van der Waals surface area contributed by atoms with Gasteiger partial charge in [0.15, 0.2) is 0 Å². The smallest absolute Gasteiger partial charge is 0.410 e. The van der Waals surface area contributed by atoms with Crippen LogP contribution in [-0.4, -0.2) is 60.3 Å². The second kappa shape index (κ2) is 7.60. The minimum atomic E-state index is -3.61. The summed E-state index contributed by atoms with van der Waals surface area (Å²) in [6.07, 6.45) is 8.96. The summed E-state index contributed by atoms with van der Waals surface area (Å²) in [6.45, 7) is 3.73. The van der Waals surface area contributed by atoms with Gasteiger partial charge < -0.3 is 4.74 Å². The molecule has 8 nitrogen and oxygen atoms in total. The second-order valence-electron chi connectivity index (χ2n) is 5.83. The Hall–Kier alpha value is -2.17. The number of likely N-dealkylation sites (tertiary alicyclic amines) is 1. The first-order chi connectivity index (χ1) is 12.4. The van der Waals surface area contributed by atoms with Crippen LogP contribution in [0.1, 0.15) is 12.2 Å². The van der Waals surface area contributed by atoms with Gasteiger partial charge in [0.2, 0.25) is 0 Å². The summed E-state index contributed by atoms with van der Waals surface area (Å²) in [5.41, 5.74) is 0. The van der Waals surface area contributed by atoms with E-state index in [0.717, 1.165) is 16.9 Å². The third-order valence-corrected chi connectivity index (χ3v) is 5.26. The van der Waals surface area contributed by atoms with Crippen LogP contribution in [0.2, 0.25) is 0 Å². The molecule has 1 aliphatic heterocycles. The maximum atomic E-state index is 12.3. The van der Waals surface area contributed by atoms with Crippen molar-refractivity contribution in [3.05, 3.63) is 42.3 Å². The lowest BCUT2D eigenvalue weighted by Crippen LogP contribution is -2.35. The van der Waals surface area contributed by atoms with E-state index in [1.807, 2.05) is 22.1 Å². The second-order valence-corrected chi connectivity index (χ2v) is 8.36. The average molecular weight is 397 g/mol. The highest BCUT2D eigenvalue weighted by atomic mass is 32.2.